The van der Waals surface area contributed by atoms with Crippen LogP contribution >= 0.6 is 22.2 Å². The average Bonchev–Trinajstić information content (AvgIpc) is 1.20. The van der Waals surface area contributed by atoms with E-state index in [1.165, 1.54) is 9.75 Å². The Balaban J connectivity index is 2.42. The van der Waals surface area contributed by atoms with Crippen LogP contribution in [0.4, 0.5) is 0 Å². The molecule has 0 aliphatic carbocycles. The van der Waals surface area contributed by atoms with Gasteiger partial charge in [0, 0.05) is 0 Å². The molecule has 1 aliphatic rings. The monoisotopic (exact) mass is 230 g/mol. The Bertz CT molecular complexity index is 90.6. The third-order valence-electron chi connectivity index (χ3n) is 1.47. The predicted octanol–water partition coefficient (Wildman–Crippen LogP) is 2.71. The van der Waals surface area contributed by atoms with Gasteiger partial charge in [-0.2, -0.15) is 0 Å². The summed E-state index contributed by atoms with van der Waals surface area (Å²) in [5.41, 5.74) is 0. The van der Waals surface area contributed by atoms with Crippen LogP contribution in [0.2, 0.25) is 21.3 Å². The van der Waals surface area contributed by atoms with Crippen LogP contribution in [0.5, 0.6) is 0 Å². The van der Waals surface area contributed by atoms with Gasteiger partial charge in [-0.1, -0.05) is 0 Å². The van der Waals surface area contributed by atoms with Crippen molar-refractivity contribution < 1.29 is 0 Å². The summed E-state index contributed by atoms with van der Waals surface area (Å²) in [4.78, 5) is 2.52. The Labute approximate surface area is 63.3 Å². The second-order valence-electron chi connectivity index (χ2n) is 3.37. The molecule has 8 heavy (non-hydrogen) atoms. The maximum absolute atomic E-state index is 5.94. The van der Waals surface area contributed by atoms with E-state index in [4.69, 9.17) is 22.2 Å². The van der Waals surface area contributed by atoms with Gasteiger partial charge in [0.25, 0.3) is 0 Å². The first-order valence-electron chi connectivity index (χ1n) is 2.79. The molecule has 0 radical (unpaired) electrons. The molecule has 1 fully saturated rings. The summed E-state index contributed by atoms with van der Waals surface area (Å²) in [6, 6.07) is 0. The molecular weight excluding hydrogens is 220 g/mol. The van der Waals surface area contributed by atoms with Crippen LogP contribution in [0, 0.1) is 0 Å². The van der Waals surface area contributed by atoms with E-state index >= 15 is 0 Å². The second kappa shape index (κ2) is 1.91. The van der Waals surface area contributed by atoms with Crippen molar-refractivity contribution >= 4 is 42.1 Å². The van der Waals surface area contributed by atoms with E-state index in [1.807, 2.05) is 0 Å². The first-order valence-corrected chi connectivity index (χ1v) is 14.4. The SMILES string of the molecule is [CH3][Ge]1([CH3])[CH2][Si](Cl)(Cl)[CH2]1. The molecule has 0 atom stereocenters. The summed E-state index contributed by atoms with van der Waals surface area (Å²) in [5.74, 6) is 4.80. The van der Waals surface area contributed by atoms with E-state index in [0.717, 1.165) is 0 Å². The molecule has 0 spiro atoms. The van der Waals surface area contributed by atoms with Crippen LogP contribution in [-0.2, 0) is 0 Å². The Morgan fingerprint density at radius 2 is 1.62 bits per heavy atom. The van der Waals surface area contributed by atoms with Crippen molar-refractivity contribution in [2.45, 2.75) is 21.3 Å². The zero-order chi connectivity index (χ0) is 6.41. The number of halogens is 2. The third kappa shape index (κ3) is 1.66. The van der Waals surface area contributed by atoms with Gasteiger partial charge in [0.15, 0.2) is 0 Å². The molecule has 4 heteroatoms. The molecule has 0 bridgehead atoms. The van der Waals surface area contributed by atoms with Gasteiger partial charge in [-0.05, 0) is 0 Å². The molecule has 0 nitrogen and oxygen atoms in total. The fourth-order valence-electron chi connectivity index (χ4n) is 1.35. The van der Waals surface area contributed by atoms with Crippen molar-refractivity contribution in [2.75, 3.05) is 0 Å². The van der Waals surface area contributed by atoms with Gasteiger partial charge < -0.3 is 0 Å². The summed E-state index contributed by atoms with van der Waals surface area (Å²) in [7, 11) is 0. The Hall–Kier alpha value is 1.34. The van der Waals surface area contributed by atoms with E-state index in [9.17, 15) is 0 Å². The fraction of sp³-hybridized carbons (Fsp3) is 1.00. The van der Waals surface area contributed by atoms with Gasteiger partial charge in [0.1, 0.15) is 0 Å². The van der Waals surface area contributed by atoms with Gasteiger partial charge in [0.2, 0.25) is 0 Å². The summed E-state index contributed by atoms with van der Waals surface area (Å²) in [6.45, 7) is -1.56. The van der Waals surface area contributed by atoms with Crippen LogP contribution < -0.4 is 0 Å². The van der Waals surface area contributed by atoms with Gasteiger partial charge in [0.05, 0.1) is 0 Å². The normalized spacial score (nSPS) is 31.5. The van der Waals surface area contributed by atoms with Gasteiger partial charge in [-0.25, -0.2) is 0 Å². The van der Waals surface area contributed by atoms with Crippen LogP contribution in [0.1, 0.15) is 0 Å². The van der Waals surface area contributed by atoms with Crippen molar-refractivity contribution in [2.24, 2.45) is 0 Å². The number of rotatable bonds is 0. The number of hydrogen-bond donors (Lipinski definition) is 0. The molecule has 1 heterocycles. The van der Waals surface area contributed by atoms with Crippen LogP contribution in [-0.4, -0.2) is 20.0 Å². The van der Waals surface area contributed by atoms with Gasteiger partial charge in [-0.15, -0.1) is 0 Å². The summed E-state index contributed by atoms with van der Waals surface area (Å²) in [5, 5.41) is 0. The third-order valence-corrected chi connectivity index (χ3v) is 31.3. The minimum absolute atomic E-state index is 1.22. The minimum atomic E-state index is -1.56. The zero-order valence-corrected chi connectivity index (χ0v) is 9.78. The van der Waals surface area contributed by atoms with E-state index in [0.29, 0.717) is 0 Å². The summed E-state index contributed by atoms with van der Waals surface area (Å²) >= 11 is 10.7. The maximum atomic E-state index is 5.94. The topological polar surface area (TPSA) is 0 Å². The molecule has 0 amide bonds. The molecule has 0 aromatic rings. The van der Waals surface area contributed by atoms with Crippen molar-refractivity contribution in [3.8, 4) is 0 Å². The molecular formula is C4H10Cl2GeSi. The van der Waals surface area contributed by atoms with Crippen molar-refractivity contribution in [1.29, 1.82) is 0 Å². The summed E-state index contributed by atoms with van der Waals surface area (Å²) in [6.07, 6.45) is 0. The quantitative estimate of drug-likeness (QED) is 0.443. The van der Waals surface area contributed by atoms with Gasteiger partial charge >= 0.3 is 63.4 Å². The van der Waals surface area contributed by atoms with Crippen LogP contribution in [0.15, 0.2) is 0 Å². The second-order valence-corrected chi connectivity index (χ2v) is 24.2. The first-order chi connectivity index (χ1) is 3.41. The molecule has 0 saturated carbocycles. The summed E-state index contributed by atoms with van der Waals surface area (Å²) < 4.78 is 0. The van der Waals surface area contributed by atoms with E-state index in [-0.39, 0.29) is 0 Å². The molecule has 0 N–H and O–H groups in total. The van der Waals surface area contributed by atoms with E-state index in [1.54, 1.807) is 0 Å². The zero-order valence-electron chi connectivity index (χ0n) is 5.17. The van der Waals surface area contributed by atoms with Crippen molar-refractivity contribution in [3.05, 3.63) is 0 Å². The molecule has 0 unspecified atom stereocenters. The van der Waals surface area contributed by atoms with Crippen LogP contribution in [0.25, 0.3) is 0 Å². The average molecular weight is 230 g/mol. The molecule has 1 saturated heterocycles. The van der Waals surface area contributed by atoms with E-state index < -0.39 is 20.0 Å². The molecule has 0 aromatic heterocycles. The molecule has 0 aromatic carbocycles. The molecule has 1 aliphatic heterocycles. The number of hydrogen-bond acceptors (Lipinski definition) is 0. The Morgan fingerprint density at radius 1 is 1.25 bits per heavy atom. The van der Waals surface area contributed by atoms with Crippen molar-refractivity contribution in [1.82, 2.24) is 0 Å². The Kier molecular flexibility index (Phi) is 1.78. The molecule has 48 valence electrons. The predicted molar refractivity (Wildman–Crippen MR) is 44.6 cm³/mol. The standard InChI is InChI=1S/C4H10Cl2GeSi/c1-7(2)3-8(5,6)4-7/h3-4H2,1-2H3. The fourth-order valence-corrected chi connectivity index (χ4v) is 43.6. The van der Waals surface area contributed by atoms with Crippen molar-refractivity contribution in [3.63, 3.8) is 0 Å². The Morgan fingerprint density at radius 3 is 1.62 bits per heavy atom. The first kappa shape index (κ1) is 7.45. The molecule has 1 rings (SSSR count). The van der Waals surface area contributed by atoms with E-state index in [2.05, 4.69) is 11.5 Å². The van der Waals surface area contributed by atoms with Gasteiger partial charge in [-0.3, -0.25) is 0 Å². The van der Waals surface area contributed by atoms with Crippen LogP contribution in [0.3, 0.4) is 0 Å².